The summed E-state index contributed by atoms with van der Waals surface area (Å²) in [5, 5.41) is 44.5. The topological polar surface area (TPSA) is 192 Å². The molecule has 1 rings (SSSR count). The summed E-state index contributed by atoms with van der Waals surface area (Å²) in [4.78, 5) is 12.9. The molecule has 1 aliphatic heterocycles. The molecule has 0 saturated carbocycles. The fraction of sp³-hybridized carbons (Fsp3) is 0.923. The number of amides is 1. The Labute approximate surface area is 315 Å². The molecule has 1 heterocycles. The first-order valence-corrected chi connectivity index (χ1v) is 21.9. The molecule has 0 radical (unpaired) electrons. The molecular formula is C39H75NO11S. The van der Waals surface area contributed by atoms with E-state index >= 15 is 0 Å². The van der Waals surface area contributed by atoms with Gasteiger partial charge in [0.2, 0.25) is 5.91 Å². The number of carbonyl (C=O) groups excluding carboxylic acids is 1. The predicted molar refractivity (Wildman–Crippen MR) is 204 cm³/mol. The average molecular weight is 766 g/mol. The van der Waals surface area contributed by atoms with Crippen molar-refractivity contribution in [1.82, 2.24) is 5.32 Å². The van der Waals surface area contributed by atoms with E-state index in [-0.39, 0.29) is 18.9 Å². The smallest absolute Gasteiger partial charge is 0.394 e. The Morgan fingerprint density at radius 3 is 1.67 bits per heavy atom. The molecule has 7 unspecified atom stereocenters. The number of carbonyl (C=O) groups is 1. The lowest BCUT2D eigenvalue weighted by Gasteiger charge is -2.41. The van der Waals surface area contributed by atoms with Gasteiger partial charge in [0.15, 0.2) is 6.29 Å². The summed E-state index contributed by atoms with van der Waals surface area (Å²) in [5.41, 5.74) is 0. The van der Waals surface area contributed by atoms with Crippen LogP contribution in [0.15, 0.2) is 12.2 Å². The first kappa shape index (κ1) is 48.9. The number of ether oxygens (including phenoxy) is 2. The molecule has 1 aliphatic rings. The van der Waals surface area contributed by atoms with Crippen molar-refractivity contribution in [3.8, 4) is 0 Å². The van der Waals surface area contributed by atoms with Crippen molar-refractivity contribution in [3.05, 3.63) is 12.2 Å². The van der Waals surface area contributed by atoms with Crippen molar-refractivity contribution in [2.75, 3.05) is 13.2 Å². The Morgan fingerprint density at radius 1 is 0.750 bits per heavy atom. The molecular weight excluding hydrogens is 690 g/mol. The zero-order chi connectivity index (χ0) is 38.5. The summed E-state index contributed by atoms with van der Waals surface area (Å²) < 4.78 is 47.4. The van der Waals surface area contributed by atoms with Gasteiger partial charge in [-0.1, -0.05) is 161 Å². The van der Waals surface area contributed by atoms with Gasteiger partial charge >= 0.3 is 10.4 Å². The Balaban J connectivity index is 2.61. The maximum atomic E-state index is 12.9. The molecule has 308 valence electrons. The molecule has 1 amide bonds. The van der Waals surface area contributed by atoms with Gasteiger partial charge in [0, 0.05) is 6.42 Å². The lowest BCUT2D eigenvalue weighted by molar-refractivity contribution is -0.298. The Kier molecular flexibility index (Phi) is 29.2. The number of aliphatic hydroxyl groups is 4. The highest BCUT2D eigenvalue weighted by molar-refractivity contribution is 7.80. The van der Waals surface area contributed by atoms with Crippen LogP contribution >= 0.6 is 0 Å². The summed E-state index contributed by atoms with van der Waals surface area (Å²) in [7, 11) is -5.08. The summed E-state index contributed by atoms with van der Waals surface area (Å²) in [6.07, 6.45) is 22.5. The highest BCUT2D eigenvalue weighted by Gasteiger charge is 2.48. The van der Waals surface area contributed by atoms with E-state index in [1.807, 2.05) is 6.08 Å². The van der Waals surface area contributed by atoms with Crippen LogP contribution in [-0.2, 0) is 28.9 Å². The lowest BCUT2D eigenvalue weighted by Crippen LogP contribution is -2.61. The van der Waals surface area contributed by atoms with Gasteiger partial charge in [-0.15, -0.1) is 0 Å². The zero-order valence-corrected chi connectivity index (χ0v) is 33.2. The predicted octanol–water partition coefficient (Wildman–Crippen LogP) is 6.82. The number of hydrogen-bond acceptors (Lipinski definition) is 10. The highest BCUT2D eigenvalue weighted by atomic mass is 32.3. The number of allylic oxidation sites excluding steroid dienone is 1. The maximum Gasteiger partial charge on any atom is 0.397 e. The third-order valence-electron chi connectivity index (χ3n) is 9.82. The molecule has 1 fully saturated rings. The summed E-state index contributed by atoms with van der Waals surface area (Å²) >= 11 is 0. The second kappa shape index (κ2) is 31.1. The molecule has 0 bridgehead atoms. The fourth-order valence-corrected chi connectivity index (χ4v) is 7.08. The molecule has 0 aromatic rings. The maximum absolute atomic E-state index is 12.9. The molecule has 7 atom stereocenters. The van der Waals surface area contributed by atoms with Crippen LogP contribution < -0.4 is 5.32 Å². The number of nitrogens with one attached hydrogen (secondary N) is 1. The van der Waals surface area contributed by atoms with Crippen molar-refractivity contribution >= 4 is 16.3 Å². The number of aliphatic hydroxyl groups excluding tert-OH is 4. The van der Waals surface area contributed by atoms with Crippen LogP contribution in [0.5, 0.6) is 0 Å². The average Bonchev–Trinajstić information content (AvgIpc) is 3.11. The van der Waals surface area contributed by atoms with E-state index in [1.165, 1.54) is 109 Å². The van der Waals surface area contributed by atoms with Crippen molar-refractivity contribution < 1.29 is 51.8 Å². The Bertz CT molecular complexity index is 999. The summed E-state index contributed by atoms with van der Waals surface area (Å²) in [6, 6.07) is -0.936. The SMILES string of the molecule is CCCCCCCCCCCCC/C=C/C(O)C(COC1OC(CO)C(O)C(OS(=O)(=O)O)C1O)NC(=O)CCCCCCCCCCCCCC. The van der Waals surface area contributed by atoms with Crippen molar-refractivity contribution in [2.45, 2.75) is 217 Å². The Hall–Kier alpha value is -1.16. The number of rotatable bonds is 34. The van der Waals surface area contributed by atoms with Crippen molar-refractivity contribution in [1.29, 1.82) is 0 Å². The van der Waals surface area contributed by atoms with Crippen molar-refractivity contribution in [2.24, 2.45) is 0 Å². The molecule has 52 heavy (non-hydrogen) atoms. The van der Waals surface area contributed by atoms with E-state index in [4.69, 9.17) is 14.0 Å². The van der Waals surface area contributed by atoms with Gasteiger partial charge in [-0.25, -0.2) is 4.18 Å². The van der Waals surface area contributed by atoms with E-state index in [1.54, 1.807) is 6.08 Å². The fourth-order valence-electron chi connectivity index (χ4n) is 6.57. The zero-order valence-electron chi connectivity index (χ0n) is 32.4. The lowest BCUT2D eigenvalue weighted by atomic mass is 9.99. The van der Waals surface area contributed by atoms with Gasteiger partial charge in [0.25, 0.3) is 0 Å². The third kappa shape index (κ3) is 24.3. The largest absolute Gasteiger partial charge is 0.397 e. The molecule has 6 N–H and O–H groups in total. The second-order valence-electron chi connectivity index (χ2n) is 14.6. The first-order chi connectivity index (χ1) is 25.0. The highest BCUT2D eigenvalue weighted by Crippen LogP contribution is 2.26. The normalized spacial score (nSPS) is 22.2. The van der Waals surface area contributed by atoms with E-state index in [9.17, 15) is 33.6 Å². The quantitative estimate of drug-likeness (QED) is 0.0229. The van der Waals surface area contributed by atoms with Crippen molar-refractivity contribution in [3.63, 3.8) is 0 Å². The molecule has 0 aliphatic carbocycles. The van der Waals surface area contributed by atoms with Gasteiger partial charge in [-0.3, -0.25) is 9.35 Å². The van der Waals surface area contributed by atoms with E-state index < -0.39 is 59.9 Å². The number of hydrogen-bond donors (Lipinski definition) is 6. The molecule has 13 heteroatoms. The number of unbranched alkanes of at least 4 members (excludes halogenated alkanes) is 22. The summed E-state index contributed by atoms with van der Waals surface area (Å²) in [6.45, 7) is 3.35. The minimum Gasteiger partial charge on any atom is -0.394 e. The van der Waals surface area contributed by atoms with Gasteiger partial charge in [-0.2, -0.15) is 8.42 Å². The van der Waals surface area contributed by atoms with Crippen LogP contribution in [0, 0.1) is 0 Å². The van der Waals surface area contributed by atoms with E-state index in [0.29, 0.717) is 6.42 Å². The van der Waals surface area contributed by atoms with Crippen LogP contribution in [0.2, 0.25) is 0 Å². The van der Waals surface area contributed by atoms with Gasteiger partial charge < -0.3 is 35.2 Å². The minimum absolute atomic E-state index is 0.264. The molecule has 0 spiro atoms. The third-order valence-corrected chi connectivity index (χ3v) is 10.3. The van der Waals surface area contributed by atoms with Crippen LogP contribution in [-0.4, -0.2) is 95.4 Å². The van der Waals surface area contributed by atoms with Gasteiger partial charge in [0.1, 0.15) is 24.4 Å². The molecule has 0 aromatic heterocycles. The van der Waals surface area contributed by atoms with Gasteiger partial charge in [-0.05, 0) is 19.3 Å². The monoisotopic (exact) mass is 766 g/mol. The minimum atomic E-state index is -5.08. The molecule has 1 saturated heterocycles. The van der Waals surface area contributed by atoms with E-state index in [0.717, 1.165) is 38.5 Å². The van der Waals surface area contributed by atoms with Crippen LogP contribution in [0.4, 0.5) is 0 Å². The van der Waals surface area contributed by atoms with E-state index in [2.05, 4.69) is 23.3 Å². The van der Waals surface area contributed by atoms with Crippen LogP contribution in [0.3, 0.4) is 0 Å². The van der Waals surface area contributed by atoms with Crippen LogP contribution in [0.25, 0.3) is 0 Å². The Morgan fingerprint density at radius 2 is 1.21 bits per heavy atom. The molecule has 0 aromatic carbocycles. The van der Waals surface area contributed by atoms with Crippen LogP contribution in [0.1, 0.15) is 174 Å². The van der Waals surface area contributed by atoms with Gasteiger partial charge in [0.05, 0.1) is 25.4 Å². The standard InChI is InChI=1S/C39H75NO11S/c1-3-5-7-9-11-13-15-17-18-20-22-24-26-28-33(42)32(40-35(43)29-27-25-23-21-19-16-14-12-10-8-6-4-2)31-49-39-37(45)38(51-52(46,47)48)36(44)34(30-41)50-39/h26,28,32-34,36-39,41-42,44-45H,3-25,27,29-31H2,1-2H3,(H,40,43)(H,46,47,48)/b28-26+. The first-order valence-electron chi connectivity index (χ1n) is 20.6. The summed E-state index contributed by atoms with van der Waals surface area (Å²) in [5.74, 6) is -0.264. The second-order valence-corrected chi connectivity index (χ2v) is 15.6. The molecule has 12 nitrogen and oxygen atoms in total.